The maximum Gasteiger partial charge on any atom is 0.303 e. The van der Waals surface area contributed by atoms with Gasteiger partial charge in [0.15, 0.2) is 11.4 Å². The Balaban J connectivity index is 2.00. The Kier molecular flexibility index (Phi) is 7.22. The van der Waals surface area contributed by atoms with Crippen molar-refractivity contribution in [1.29, 1.82) is 0 Å². The predicted octanol–water partition coefficient (Wildman–Crippen LogP) is 2.28. The minimum atomic E-state index is -1.83. The first kappa shape index (κ1) is 28.2. The van der Waals surface area contributed by atoms with Crippen LogP contribution >= 0.6 is 0 Å². The summed E-state index contributed by atoms with van der Waals surface area (Å²) >= 11 is 0. The molecule has 0 aromatic heterocycles. The van der Waals surface area contributed by atoms with E-state index in [9.17, 15) is 24.3 Å². The zero-order valence-corrected chi connectivity index (χ0v) is 22.6. The summed E-state index contributed by atoms with van der Waals surface area (Å²) in [5, 5.41) is 12.1. The number of benzene rings is 1. The van der Waals surface area contributed by atoms with E-state index in [4.69, 9.17) is 23.7 Å². The number of hydrogen-bond acceptors (Lipinski definition) is 10. The highest BCUT2D eigenvalue weighted by Crippen LogP contribution is 2.68. The molecule has 1 N–H and O–H groups in total. The molecule has 2 aliphatic carbocycles. The molecular formula is C28H36O10. The van der Waals surface area contributed by atoms with E-state index in [0.29, 0.717) is 0 Å². The van der Waals surface area contributed by atoms with Crippen LogP contribution in [0.5, 0.6) is 0 Å². The molecule has 0 amide bonds. The van der Waals surface area contributed by atoms with Gasteiger partial charge in [0.2, 0.25) is 0 Å². The quantitative estimate of drug-likeness (QED) is 0.412. The van der Waals surface area contributed by atoms with Gasteiger partial charge >= 0.3 is 17.9 Å². The van der Waals surface area contributed by atoms with Crippen molar-refractivity contribution in [3.05, 3.63) is 35.9 Å². The largest absolute Gasteiger partial charge is 0.465 e. The van der Waals surface area contributed by atoms with E-state index in [1.54, 1.807) is 20.8 Å². The van der Waals surface area contributed by atoms with Crippen LogP contribution in [-0.2, 0) is 49.5 Å². The molecule has 2 bridgehead atoms. The fraction of sp³-hybridized carbons (Fsp3) is 0.643. The van der Waals surface area contributed by atoms with Crippen LogP contribution in [0.1, 0.15) is 59.9 Å². The molecule has 208 valence electrons. The zero-order valence-electron chi connectivity index (χ0n) is 22.6. The summed E-state index contributed by atoms with van der Waals surface area (Å²) in [5.41, 5.74) is -5.72. The van der Waals surface area contributed by atoms with Crippen LogP contribution in [-0.4, -0.2) is 70.5 Å². The SMILES string of the molecule is CC(=O)OCC12C(OC(C)=O)CCC(C)(O)C13OC(C)(C)C(C(=O)C2OCc1ccccc1)C3OC(C)=O. The van der Waals surface area contributed by atoms with Gasteiger partial charge in [-0.25, -0.2) is 0 Å². The molecule has 1 aromatic rings. The van der Waals surface area contributed by atoms with Gasteiger partial charge in [-0.1, -0.05) is 30.3 Å². The van der Waals surface area contributed by atoms with E-state index < -0.39 is 76.7 Å². The second kappa shape index (κ2) is 9.73. The normalized spacial score (nSPS) is 37.2. The van der Waals surface area contributed by atoms with Gasteiger partial charge in [-0.2, -0.15) is 0 Å². The lowest BCUT2D eigenvalue weighted by Gasteiger charge is -2.64. The minimum absolute atomic E-state index is 0.00939. The maximum absolute atomic E-state index is 14.4. The molecule has 4 rings (SSSR count). The molecule has 38 heavy (non-hydrogen) atoms. The first-order valence-electron chi connectivity index (χ1n) is 12.8. The van der Waals surface area contributed by atoms with Crippen LogP contribution in [0.2, 0.25) is 0 Å². The number of hydrogen-bond donors (Lipinski definition) is 1. The van der Waals surface area contributed by atoms with Gasteiger partial charge in [0.05, 0.1) is 23.7 Å². The van der Waals surface area contributed by atoms with Crippen molar-refractivity contribution in [2.24, 2.45) is 11.3 Å². The summed E-state index contributed by atoms with van der Waals surface area (Å²) in [7, 11) is 0. The van der Waals surface area contributed by atoms with Crippen LogP contribution in [0, 0.1) is 11.3 Å². The van der Waals surface area contributed by atoms with Gasteiger partial charge in [0.25, 0.3) is 0 Å². The Hall–Kier alpha value is -2.82. The number of carbonyl (C=O) groups is 4. The molecule has 1 heterocycles. The van der Waals surface area contributed by atoms with Gasteiger partial charge in [-0.15, -0.1) is 0 Å². The lowest BCUT2D eigenvalue weighted by Crippen LogP contribution is -2.82. The highest BCUT2D eigenvalue weighted by Gasteiger charge is 2.86. The van der Waals surface area contributed by atoms with Crippen LogP contribution in [0.25, 0.3) is 0 Å². The monoisotopic (exact) mass is 532 g/mol. The molecule has 2 saturated carbocycles. The van der Waals surface area contributed by atoms with Crippen molar-refractivity contribution in [3.8, 4) is 0 Å². The van der Waals surface area contributed by atoms with Gasteiger partial charge in [0.1, 0.15) is 30.3 Å². The molecule has 7 atom stereocenters. The fourth-order valence-corrected chi connectivity index (χ4v) is 6.96. The number of esters is 3. The van der Waals surface area contributed by atoms with Gasteiger partial charge < -0.3 is 28.8 Å². The van der Waals surface area contributed by atoms with Crippen LogP contribution < -0.4 is 0 Å². The summed E-state index contributed by atoms with van der Waals surface area (Å²) in [4.78, 5) is 51.3. The number of Topliss-reactive ketones (excluding diaryl/α,β-unsaturated/α-hetero) is 1. The van der Waals surface area contributed by atoms with Crippen LogP contribution in [0.15, 0.2) is 30.3 Å². The van der Waals surface area contributed by atoms with E-state index in [0.717, 1.165) is 5.56 Å². The maximum atomic E-state index is 14.4. The summed E-state index contributed by atoms with van der Waals surface area (Å²) in [5.74, 6) is -3.43. The fourth-order valence-electron chi connectivity index (χ4n) is 6.96. The molecule has 0 radical (unpaired) electrons. The Labute approximate surface area is 221 Å². The highest BCUT2D eigenvalue weighted by molar-refractivity contribution is 5.91. The number of fused-ring (bicyclic) bond motifs is 1. The average molecular weight is 533 g/mol. The zero-order chi connectivity index (χ0) is 28.1. The molecule has 1 saturated heterocycles. The molecule has 3 aliphatic rings. The first-order valence-corrected chi connectivity index (χ1v) is 12.8. The summed E-state index contributed by atoms with van der Waals surface area (Å²) in [6, 6.07) is 9.18. The van der Waals surface area contributed by atoms with Gasteiger partial charge in [-0.05, 0) is 39.2 Å². The molecule has 1 aliphatic heterocycles. The van der Waals surface area contributed by atoms with Crippen molar-refractivity contribution in [3.63, 3.8) is 0 Å². The standard InChI is InChI=1S/C28H36O10/c1-16(29)35-15-27-20(36-17(2)30)12-13-26(6,33)28(27)23(37-18(3)31)21(25(4,5)38-28)22(32)24(27)34-14-19-10-8-7-9-11-19/h7-11,20-21,23-24,33H,12-15H2,1-6H3. The molecule has 1 aromatic carbocycles. The third-order valence-corrected chi connectivity index (χ3v) is 8.24. The van der Waals surface area contributed by atoms with Crippen molar-refractivity contribution in [2.75, 3.05) is 6.61 Å². The van der Waals surface area contributed by atoms with E-state index in [1.165, 1.54) is 20.8 Å². The third-order valence-electron chi connectivity index (χ3n) is 8.24. The molecule has 7 unspecified atom stereocenters. The van der Waals surface area contributed by atoms with Crippen molar-refractivity contribution >= 4 is 23.7 Å². The third kappa shape index (κ3) is 4.23. The Morgan fingerprint density at radius 3 is 2.21 bits per heavy atom. The second-order valence-electron chi connectivity index (χ2n) is 11.3. The summed E-state index contributed by atoms with van der Waals surface area (Å²) in [6.07, 6.45) is -3.46. The van der Waals surface area contributed by atoms with E-state index in [-0.39, 0.29) is 19.4 Å². The number of carbonyl (C=O) groups excluding carboxylic acids is 4. The number of aliphatic hydroxyl groups is 1. The predicted molar refractivity (Wildman–Crippen MR) is 131 cm³/mol. The Bertz CT molecular complexity index is 1110. The average Bonchev–Trinajstić information content (AvgIpc) is 3.01. The number of rotatable bonds is 7. The smallest absolute Gasteiger partial charge is 0.303 e. The molecule has 10 heteroatoms. The molecular weight excluding hydrogens is 496 g/mol. The van der Waals surface area contributed by atoms with Crippen molar-refractivity contribution in [2.45, 2.75) is 96.1 Å². The lowest BCUT2D eigenvalue weighted by molar-refractivity contribution is -0.339. The van der Waals surface area contributed by atoms with E-state index >= 15 is 0 Å². The minimum Gasteiger partial charge on any atom is -0.465 e. The molecule has 3 fully saturated rings. The summed E-state index contributed by atoms with van der Waals surface area (Å²) in [6.45, 7) is 8.08. The molecule has 10 nitrogen and oxygen atoms in total. The van der Waals surface area contributed by atoms with Gasteiger partial charge in [0, 0.05) is 20.8 Å². The van der Waals surface area contributed by atoms with E-state index in [1.807, 2.05) is 30.3 Å². The molecule has 1 spiro atoms. The van der Waals surface area contributed by atoms with Crippen molar-refractivity contribution < 1.29 is 48.0 Å². The number of ether oxygens (including phenoxy) is 5. The van der Waals surface area contributed by atoms with Crippen LogP contribution in [0.3, 0.4) is 0 Å². The van der Waals surface area contributed by atoms with Gasteiger partial charge in [-0.3, -0.25) is 19.2 Å². The number of ketones is 1. The Morgan fingerprint density at radius 1 is 1.00 bits per heavy atom. The topological polar surface area (TPSA) is 135 Å². The summed E-state index contributed by atoms with van der Waals surface area (Å²) < 4.78 is 30.2. The Morgan fingerprint density at radius 2 is 1.63 bits per heavy atom. The lowest BCUT2D eigenvalue weighted by atomic mass is 9.46. The first-order chi connectivity index (χ1) is 17.7. The van der Waals surface area contributed by atoms with E-state index in [2.05, 4.69) is 0 Å². The van der Waals surface area contributed by atoms with Crippen molar-refractivity contribution in [1.82, 2.24) is 0 Å². The highest BCUT2D eigenvalue weighted by atomic mass is 16.6. The van der Waals surface area contributed by atoms with Crippen LogP contribution in [0.4, 0.5) is 0 Å². The second-order valence-corrected chi connectivity index (χ2v) is 11.3.